The van der Waals surface area contributed by atoms with E-state index in [1.54, 1.807) is 6.07 Å². The fourth-order valence-electron chi connectivity index (χ4n) is 3.73. The predicted octanol–water partition coefficient (Wildman–Crippen LogP) is 3.87. The number of halogens is 2. The molecule has 0 saturated heterocycles. The first-order chi connectivity index (χ1) is 11.6. The number of carbonyl (C=O) groups is 1. The summed E-state index contributed by atoms with van der Waals surface area (Å²) in [6, 6.07) is 11.6. The maximum absolute atomic E-state index is 14.8. The van der Waals surface area contributed by atoms with Gasteiger partial charge in [0, 0.05) is 6.54 Å². The van der Waals surface area contributed by atoms with Gasteiger partial charge in [-0.2, -0.15) is 0 Å². The van der Waals surface area contributed by atoms with Crippen molar-refractivity contribution in [2.24, 2.45) is 0 Å². The second kappa shape index (κ2) is 6.77. The number of amides is 1. The van der Waals surface area contributed by atoms with Crippen molar-refractivity contribution >= 4 is 24.0 Å². The van der Waals surface area contributed by atoms with Crippen molar-refractivity contribution in [1.29, 1.82) is 0 Å². The number of anilines is 1. The van der Waals surface area contributed by atoms with E-state index in [9.17, 15) is 9.18 Å². The summed E-state index contributed by atoms with van der Waals surface area (Å²) < 4.78 is 14.8. The predicted molar refractivity (Wildman–Crippen MR) is 99.8 cm³/mol. The van der Waals surface area contributed by atoms with Gasteiger partial charge in [0.15, 0.2) is 0 Å². The Labute approximate surface area is 153 Å². The maximum Gasteiger partial charge on any atom is 0.235 e. The number of carbonyl (C=O) groups excluding carboxylic acids is 1. The van der Waals surface area contributed by atoms with Crippen molar-refractivity contribution in [2.75, 3.05) is 11.9 Å². The average molecular weight is 361 g/mol. The van der Waals surface area contributed by atoms with Gasteiger partial charge in [-0.05, 0) is 61.1 Å². The molecule has 0 unspecified atom stereocenters. The molecule has 3 nitrogen and oxygen atoms in total. The van der Waals surface area contributed by atoms with Crippen molar-refractivity contribution in [1.82, 2.24) is 5.32 Å². The third-order valence-corrected chi connectivity index (χ3v) is 5.30. The Bertz CT molecular complexity index is 817. The Balaban J connectivity index is 0.00000182. The number of rotatable bonds is 3. The highest BCUT2D eigenvalue weighted by Crippen LogP contribution is 2.50. The molecule has 1 fully saturated rings. The van der Waals surface area contributed by atoms with E-state index in [1.807, 2.05) is 37.3 Å². The second-order valence-electron chi connectivity index (χ2n) is 6.84. The summed E-state index contributed by atoms with van der Waals surface area (Å²) >= 11 is 0. The Morgan fingerprint density at radius 3 is 2.68 bits per heavy atom. The quantitative estimate of drug-likeness (QED) is 0.872. The van der Waals surface area contributed by atoms with Gasteiger partial charge in [-0.15, -0.1) is 12.4 Å². The molecule has 132 valence electrons. The van der Waals surface area contributed by atoms with E-state index in [2.05, 4.69) is 10.6 Å². The molecule has 1 aliphatic carbocycles. The molecule has 2 aliphatic rings. The molecule has 1 saturated carbocycles. The Morgan fingerprint density at radius 1 is 1.20 bits per heavy atom. The van der Waals surface area contributed by atoms with E-state index in [1.165, 1.54) is 0 Å². The van der Waals surface area contributed by atoms with Crippen LogP contribution >= 0.6 is 12.4 Å². The summed E-state index contributed by atoms with van der Waals surface area (Å²) in [5.41, 5.74) is 3.70. The lowest BCUT2D eigenvalue weighted by molar-refractivity contribution is -0.118. The van der Waals surface area contributed by atoms with Crippen LogP contribution in [0.25, 0.3) is 0 Å². The molecule has 0 spiro atoms. The van der Waals surface area contributed by atoms with Crippen molar-refractivity contribution in [2.45, 2.75) is 38.1 Å². The topological polar surface area (TPSA) is 41.1 Å². The monoisotopic (exact) mass is 360 g/mol. The molecule has 1 amide bonds. The fraction of sp³-hybridized carbons (Fsp3) is 0.350. The first-order valence-electron chi connectivity index (χ1n) is 8.50. The van der Waals surface area contributed by atoms with Crippen LogP contribution < -0.4 is 10.6 Å². The number of benzene rings is 2. The zero-order valence-electron chi connectivity index (χ0n) is 14.2. The highest BCUT2D eigenvalue weighted by atomic mass is 35.5. The lowest BCUT2D eigenvalue weighted by Gasteiger charge is -2.21. The van der Waals surface area contributed by atoms with Gasteiger partial charge in [0.05, 0.1) is 11.1 Å². The van der Waals surface area contributed by atoms with Crippen LogP contribution in [-0.4, -0.2) is 12.5 Å². The fourth-order valence-corrected chi connectivity index (χ4v) is 3.73. The molecule has 1 aliphatic heterocycles. The van der Waals surface area contributed by atoms with E-state index in [4.69, 9.17) is 0 Å². The Hall–Kier alpha value is -1.91. The van der Waals surface area contributed by atoms with Gasteiger partial charge in [-0.1, -0.05) is 30.3 Å². The van der Waals surface area contributed by atoms with Crippen LogP contribution in [0.2, 0.25) is 0 Å². The minimum atomic E-state index is -0.491. The van der Waals surface area contributed by atoms with E-state index in [0.717, 1.165) is 41.6 Å². The van der Waals surface area contributed by atoms with E-state index in [-0.39, 0.29) is 24.1 Å². The van der Waals surface area contributed by atoms with E-state index >= 15 is 0 Å². The number of hydrogen-bond donors (Lipinski definition) is 2. The normalized spacial score (nSPS) is 17.2. The van der Waals surface area contributed by atoms with Crippen LogP contribution in [0.15, 0.2) is 36.4 Å². The Kier molecular flexibility index (Phi) is 4.85. The van der Waals surface area contributed by atoms with Crippen LogP contribution in [0.4, 0.5) is 10.1 Å². The van der Waals surface area contributed by atoms with Gasteiger partial charge in [0.1, 0.15) is 5.82 Å². The molecule has 0 radical (unpaired) electrons. The van der Waals surface area contributed by atoms with Gasteiger partial charge in [-0.25, -0.2) is 4.39 Å². The van der Waals surface area contributed by atoms with Gasteiger partial charge in [0.25, 0.3) is 0 Å². The van der Waals surface area contributed by atoms with Gasteiger partial charge >= 0.3 is 0 Å². The number of aryl methyl sites for hydroxylation is 1. The van der Waals surface area contributed by atoms with E-state index < -0.39 is 5.41 Å². The molecule has 2 aromatic rings. The standard InChI is InChI=1S/C20H21FN2O.ClH/c1-13-4-2-3-5-16(13)20(9-10-20)19(24)23-17-7-6-14-12-22-11-8-15(14)18(17)21;/h2-7,22H,8-12H2,1H3,(H,23,24);1H. The van der Waals surface area contributed by atoms with Crippen molar-refractivity contribution in [3.8, 4) is 0 Å². The zero-order chi connectivity index (χ0) is 16.7. The Morgan fingerprint density at radius 2 is 1.96 bits per heavy atom. The third kappa shape index (κ3) is 3.05. The first-order valence-corrected chi connectivity index (χ1v) is 8.50. The minimum absolute atomic E-state index is 0. The van der Waals surface area contributed by atoms with Gasteiger partial charge in [0.2, 0.25) is 5.91 Å². The SMILES string of the molecule is Cc1ccccc1C1(C(=O)Nc2ccc3c(c2F)CCNC3)CC1.Cl. The summed E-state index contributed by atoms with van der Waals surface area (Å²) in [6.45, 7) is 3.48. The molecule has 25 heavy (non-hydrogen) atoms. The molecule has 5 heteroatoms. The molecule has 2 N–H and O–H groups in total. The van der Waals surface area contributed by atoms with Crippen molar-refractivity contribution in [3.05, 3.63) is 64.5 Å². The van der Waals surface area contributed by atoms with Crippen LogP contribution in [0.1, 0.15) is 35.1 Å². The van der Waals surface area contributed by atoms with Crippen molar-refractivity contribution < 1.29 is 9.18 Å². The number of nitrogens with one attached hydrogen (secondary N) is 2. The number of fused-ring (bicyclic) bond motifs is 1. The van der Waals surface area contributed by atoms with Crippen LogP contribution in [-0.2, 0) is 23.2 Å². The molecule has 0 atom stereocenters. The molecule has 0 bridgehead atoms. The lowest BCUT2D eigenvalue weighted by Crippen LogP contribution is -2.30. The molecule has 2 aromatic carbocycles. The lowest BCUT2D eigenvalue weighted by atomic mass is 9.91. The highest BCUT2D eigenvalue weighted by Gasteiger charge is 2.52. The smallest absolute Gasteiger partial charge is 0.235 e. The molecule has 4 rings (SSSR count). The van der Waals surface area contributed by atoms with Crippen LogP contribution in [0.5, 0.6) is 0 Å². The van der Waals surface area contributed by atoms with Gasteiger partial charge in [-0.3, -0.25) is 4.79 Å². The summed E-state index contributed by atoms with van der Waals surface area (Å²) in [4.78, 5) is 12.9. The molecular weight excluding hydrogens is 339 g/mol. The minimum Gasteiger partial charge on any atom is -0.323 e. The second-order valence-corrected chi connectivity index (χ2v) is 6.84. The molecular formula is C20H22ClFN2O. The zero-order valence-corrected chi connectivity index (χ0v) is 15.0. The number of hydrogen-bond acceptors (Lipinski definition) is 2. The van der Waals surface area contributed by atoms with Crippen LogP contribution in [0.3, 0.4) is 0 Å². The summed E-state index contributed by atoms with van der Waals surface area (Å²) in [5.74, 6) is -0.368. The van der Waals surface area contributed by atoms with Crippen LogP contribution in [0, 0.1) is 12.7 Å². The van der Waals surface area contributed by atoms with E-state index in [0.29, 0.717) is 18.7 Å². The summed E-state index contributed by atoms with van der Waals surface area (Å²) in [6.07, 6.45) is 2.30. The summed E-state index contributed by atoms with van der Waals surface area (Å²) in [5, 5.41) is 6.09. The van der Waals surface area contributed by atoms with Crippen molar-refractivity contribution in [3.63, 3.8) is 0 Å². The third-order valence-electron chi connectivity index (χ3n) is 5.30. The highest BCUT2D eigenvalue weighted by molar-refractivity contribution is 6.01. The average Bonchev–Trinajstić information content (AvgIpc) is 3.40. The summed E-state index contributed by atoms with van der Waals surface area (Å²) in [7, 11) is 0. The molecule has 0 aromatic heterocycles. The molecule has 1 heterocycles. The maximum atomic E-state index is 14.8. The van der Waals surface area contributed by atoms with Gasteiger partial charge < -0.3 is 10.6 Å². The first kappa shape index (κ1) is 17.9. The largest absolute Gasteiger partial charge is 0.323 e.